The second-order valence-corrected chi connectivity index (χ2v) is 7.60. The van der Waals surface area contributed by atoms with Crippen molar-refractivity contribution >= 4 is 16.5 Å². The highest BCUT2D eigenvalue weighted by molar-refractivity contribution is 7.15. The van der Waals surface area contributed by atoms with Crippen LogP contribution in [-0.2, 0) is 6.54 Å². The van der Waals surface area contributed by atoms with Gasteiger partial charge in [0.1, 0.15) is 0 Å². The summed E-state index contributed by atoms with van der Waals surface area (Å²) in [6.45, 7) is 13.5. The zero-order chi connectivity index (χ0) is 14.8. The molecule has 1 N–H and O–H groups in total. The molecule has 5 heteroatoms. The molecule has 1 saturated heterocycles. The number of aromatic nitrogens is 1. The fourth-order valence-electron chi connectivity index (χ4n) is 2.84. The van der Waals surface area contributed by atoms with E-state index in [4.69, 9.17) is 4.98 Å². The van der Waals surface area contributed by atoms with Gasteiger partial charge in [0.15, 0.2) is 5.13 Å². The molecule has 1 aliphatic heterocycles. The SMILES string of the molecule is CCN1CCN(c2nc(C(C)C)c(CNC3CC3)s2)CC1. The molecule has 0 radical (unpaired) electrons. The number of rotatable bonds is 6. The molecule has 1 aromatic heterocycles. The first kappa shape index (κ1) is 15.3. The van der Waals surface area contributed by atoms with Gasteiger partial charge in [0.25, 0.3) is 0 Å². The molecule has 0 spiro atoms. The average molecular weight is 308 g/mol. The quantitative estimate of drug-likeness (QED) is 0.875. The summed E-state index contributed by atoms with van der Waals surface area (Å²) in [6, 6.07) is 0.767. The fourth-order valence-corrected chi connectivity index (χ4v) is 4.06. The van der Waals surface area contributed by atoms with Crippen LogP contribution in [0.5, 0.6) is 0 Å². The van der Waals surface area contributed by atoms with Crippen LogP contribution in [0.1, 0.15) is 50.1 Å². The number of anilines is 1. The van der Waals surface area contributed by atoms with E-state index in [1.165, 1.54) is 48.2 Å². The molecule has 118 valence electrons. The van der Waals surface area contributed by atoms with Crippen molar-refractivity contribution in [1.82, 2.24) is 15.2 Å². The van der Waals surface area contributed by atoms with E-state index in [1.807, 2.05) is 11.3 Å². The highest BCUT2D eigenvalue weighted by atomic mass is 32.1. The molecule has 0 atom stereocenters. The van der Waals surface area contributed by atoms with Crippen LogP contribution < -0.4 is 10.2 Å². The molecule has 0 unspecified atom stereocenters. The molecule has 2 heterocycles. The molecule has 2 aliphatic rings. The van der Waals surface area contributed by atoms with Gasteiger partial charge in [0, 0.05) is 43.6 Å². The summed E-state index contributed by atoms with van der Waals surface area (Å²) in [5.74, 6) is 0.517. The van der Waals surface area contributed by atoms with Gasteiger partial charge in [-0.05, 0) is 25.3 Å². The topological polar surface area (TPSA) is 31.4 Å². The lowest BCUT2D eigenvalue weighted by Crippen LogP contribution is -2.46. The van der Waals surface area contributed by atoms with Crippen molar-refractivity contribution in [3.05, 3.63) is 10.6 Å². The summed E-state index contributed by atoms with van der Waals surface area (Å²) < 4.78 is 0. The van der Waals surface area contributed by atoms with E-state index < -0.39 is 0 Å². The van der Waals surface area contributed by atoms with E-state index in [0.29, 0.717) is 5.92 Å². The number of hydrogen-bond donors (Lipinski definition) is 1. The predicted octanol–water partition coefficient (Wildman–Crippen LogP) is 2.66. The average Bonchev–Trinajstić information content (AvgIpc) is 3.23. The maximum Gasteiger partial charge on any atom is 0.185 e. The minimum absolute atomic E-state index is 0.517. The van der Waals surface area contributed by atoms with Gasteiger partial charge in [-0.1, -0.05) is 20.8 Å². The summed E-state index contributed by atoms with van der Waals surface area (Å²) in [6.07, 6.45) is 2.70. The lowest BCUT2D eigenvalue weighted by Gasteiger charge is -2.33. The Morgan fingerprint density at radius 3 is 2.52 bits per heavy atom. The van der Waals surface area contributed by atoms with Crippen LogP contribution in [0.15, 0.2) is 0 Å². The number of hydrogen-bond acceptors (Lipinski definition) is 5. The maximum atomic E-state index is 4.97. The summed E-state index contributed by atoms with van der Waals surface area (Å²) in [7, 11) is 0. The van der Waals surface area contributed by atoms with Gasteiger partial charge in [-0.15, -0.1) is 11.3 Å². The highest BCUT2D eigenvalue weighted by Gasteiger charge is 2.24. The van der Waals surface area contributed by atoms with E-state index in [-0.39, 0.29) is 0 Å². The Hall–Kier alpha value is -0.650. The molecular formula is C16H28N4S. The summed E-state index contributed by atoms with van der Waals surface area (Å²) >= 11 is 1.91. The third-order valence-electron chi connectivity index (χ3n) is 4.48. The van der Waals surface area contributed by atoms with Gasteiger partial charge in [0.2, 0.25) is 0 Å². The number of nitrogens with one attached hydrogen (secondary N) is 1. The van der Waals surface area contributed by atoms with Crippen LogP contribution in [0.4, 0.5) is 5.13 Å². The molecule has 1 saturated carbocycles. The normalized spacial score (nSPS) is 20.5. The molecular weight excluding hydrogens is 280 g/mol. The third kappa shape index (κ3) is 3.76. The first-order chi connectivity index (χ1) is 10.2. The monoisotopic (exact) mass is 308 g/mol. The Labute approximate surface area is 132 Å². The molecule has 4 nitrogen and oxygen atoms in total. The first-order valence-corrected chi connectivity index (χ1v) is 9.19. The Balaban J connectivity index is 1.68. The van der Waals surface area contributed by atoms with Crippen LogP contribution in [0.2, 0.25) is 0 Å². The van der Waals surface area contributed by atoms with Gasteiger partial charge in [-0.3, -0.25) is 0 Å². The van der Waals surface area contributed by atoms with Crippen LogP contribution in [0.25, 0.3) is 0 Å². The van der Waals surface area contributed by atoms with Crippen molar-refractivity contribution in [2.45, 2.75) is 52.1 Å². The van der Waals surface area contributed by atoms with E-state index >= 15 is 0 Å². The molecule has 0 bridgehead atoms. The second-order valence-electron chi connectivity index (χ2n) is 6.54. The van der Waals surface area contributed by atoms with Crippen molar-refractivity contribution in [3.63, 3.8) is 0 Å². The summed E-state index contributed by atoms with van der Waals surface area (Å²) in [5.41, 5.74) is 1.31. The van der Waals surface area contributed by atoms with Gasteiger partial charge < -0.3 is 15.1 Å². The number of piperazine rings is 1. The first-order valence-electron chi connectivity index (χ1n) is 8.37. The Bertz CT molecular complexity index is 459. The molecule has 3 rings (SSSR count). The maximum absolute atomic E-state index is 4.97. The van der Waals surface area contributed by atoms with Crippen molar-refractivity contribution < 1.29 is 0 Å². The van der Waals surface area contributed by atoms with Crippen LogP contribution in [0.3, 0.4) is 0 Å². The Morgan fingerprint density at radius 1 is 1.24 bits per heavy atom. The molecule has 0 aromatic carbocycles. The summed E-state index contributed by atoms with van der Waals surface area (Å²) in [4.78, 5) is 11.4. The van der Waals surface area contributed by atoms with Crippen LogP contribution >= 0.6 is 11.3 Å². The van der Waals surface area contributed by atoms with Crippen molar-refractivity contribution in [1.29, 1.82) is 0 Å². The van der Waals surface area contributed by atoms with Crippen LogP contribution in [0, 0.1) is 0 Å². The predicted molar refractivity (Wildman–Crippen MR) is 90.4 cm³/mol. The molecule has 0 amide bonds. The van der Waals surface area contributed by atoms with E-state index in [2.05, 4.69) is 35.9 Å². The lowest BCUT2D eigenvalue weighted by molar-refractivity contribution is 0.271. The second kappa shape index (κ2) is 6.63. The Morgan fingerprint density at radius 2 is 1.95 bits per heavy atom. The Kier molecular flexibility index (Phi) is 4.82. The summed E-state index contributed by atoms with van der Waals surface area (Å²) in [5, 5.41) is 4.88. The van der Waals surface area contributed by atoms with E-state index in [0.717, 1.165) is 25.7 Å². The largest absolute Gasteiger partial charge is 0.346 e. The number of likely N-dealkylation sites (N-methyl/N-ethyl adjacent to an activating group) is 1. The molecule has 1 aromatic rings. The zero-order valence-electron chi connectivity index (χ0n) is 13.6. The zero-order valence-corrected chi connectivity index (χ0v) is 14.4. The van der Waals surface area contributed by atoms with E-state index in [1.54, 1.807) is 0 Å². The third-order valence-corrected chi connectivity index (χ3v) is 5.61. The molecule has 21 heavy (non-hydrogen) atoms. The van der Waals surface area contributed by atoms with Crippen molar-refractivity contribution in [2.24, 2.45) is 0 Å². The van der Waals surface area contributed by atoms with Crippen molar-refractivity contribution in [2.75, 3.05) is 37.6 Å². The molecule has 1 aliphatic carbocycles. The molecule has 2 fully saturated rings. The minimum Gasteiger partial charge on any atom is -0.346 e. The highest BCUT2D eigenvalue weighted by Crippen LogP contribution is 2.32. The standard InChI is InChI=1S/C16H28N4S/c1-4-19-7-9-20(10-8-19)16-18-15(12(2)3)14(21-16)11-17-13-5-6-13/h12-13,17H,4-11H2,1-3H3. The van der Waals surface area contributed by atoms with Gasteiger partial charge in [0.05, 0.1) is 5.69 Å². The van der Waals surface area contributed by atoms with Crippen LogP contribution in [-0.4, -0.2) is 48.6 Å². The minimum atomic E-state index is 0.517. The van der Waals surface area contributed by atoms with Crippen molar-refractivity contribution in [3.8, 4) is 0 Å². The van der Waals surface area contributed by atoms with Gasteiger partial charge in [-0.25, -0.2) is 4.98 Å². The smallest absolute Gasteiger partial charge is 0.185 e. The van der Waals surface area contributed by atoms with Gasteiger partial charge >= 0.3 is 0 Å². The fraction of sp³-hybridized carbons (Fsp3) is 0.812. The number of thiazole rings is 1. The van der Waals surface area contributed by atoms with E-state index in [9.17, 15) is 0 Å². The number of nitrogens with zero attached hydrogens (tertiary/aromatic N) is 3. The lowest BCUT2D eigenvalue weighted by atomic mass is 10.1. The van der Waals surface area contributed by atoms with Gasteiger partial charge in [-0.2, -0.15) is 0 Å².